The van der Waals surface area contributed by atoms with Crippen LogP contribution in [0.25, 0.3) is 0 Å². The number of hydrogen-bond acceptors (Lipinski definition) is 7. The first-order chi connectivity index (χ1) is 15.5. The van der Waals surface area contributed by atoms with Crippen molar-refractivity contribution in [1.82, 2.24) is 9.80 Å². The van der Waals surface area contributed by atoms with Gasteiger partial charge in [-0.1, -0.05) is 6.07 Å². The smallest absolute Gasteiger partial charge is 0.237 e. The van der Waals surface area contributed by atoms with Gasteiger partial charge in [-0.05, 0) is 35.6 Å². The molecular weight excluding hydrogens is 435 g/mol. The molecule has 0 bridgehead atoms. The molecule has 1 N–H and O–H groups in total. The Labute approximate surface area is 192 Å². The number of carbonyl (C=O) groups excluding carboxylic acids is 1. The monoisotopic (exact) mass is 466 g/mol. The first kappa shape index (κ1) is 24.6. The number of fused-ring (bicyclic) bond motifs is 1. The van der Waals surface area contributed by atoms with Crippen LogP contribution in [0.5, 0.6) is 5.75 Å². The SMILES string of the molecule is COCCN(CC(=O)N1CCc2sccc2C1COc1cccc(F)c1)CC(O)COC. The van der Waals surface area contributed by atoms with Crippen LogP contribution in [-0.4, -0.2) is 87.1 Å². The van der Waals surface area contributed by atoms with E-state index in [2.05, 4.69) is 0 Å². The molecule has 2 heterocycles. The maximum atomic E-state index is 13.5. The average Bonchev–Trinajstić information content (AvgIpc) is 3.25. The molecule has 176 valence electrons. The molecule has 7 nitrogen and oxygen atoms in total. The fourth-order valence-electron chi connectivity index (χ4n) is 3.89. The molecule has 0 saturated heterocycles. The summed E-state index contributed by atoms with van der Waals surface area (Å²) in [5.41, 5.74) is 1.08. The Bertz CT molecular complexity index is 864. The number of thiophene rings is 1. The van der Waals surface area contributed by atoms with Crippen molar-refractivity contribution in [3.63, 3.8) is 0 Å². The molecule has 0 saturated carbocycles. The van der Waals surface area contributed by atoms with E-state index in [1.807, 2.05) is 21.2 Å². The van der Waals surface area contributed by atoms with Crippen LogP contribution < -0.4 is 4.74 Å². The zero-order chi connectivity index (χ0) is 22.9. The van der Waals surface area contributed by atoms with Crippen molar-refractivity contribution in [3.05, 3.63) is 52.0 Å². The standard InChI is InChI=1S/C23H31FN2O5S/c1-29-10-9-25(13-18(27)15-30-2)14-23(28)26-8-6-22-20(7-11-32-22)21(26)16-31-19-5-3-4-17(24)12-19/h3-5,7,11-12,18,21,27H,6,8-10,13-16H2,1-2H3. The number of rotatable bonds is 12. The van der Waals surface area contributed by atoms with Gasteiger partial charge in [0.2, 0.25) is 5.91 Å². The van der Waals surface area contributed by atoms with Crippen LogP contribution in [0.15, 0.2) is 35.7 Å². The highest BCUT2D eigenvalue weighted by Gasteiger charge is 2.33. The van der Waals surface area contributed by atoms with Crippen molar-refractivity contribution in [1.29, 1.82) is 0 Å². The highest BCUT2D eigenvalue weighted by Crippen LogP contribution is 2.34. The molecule has 0 radical (unpaired) electrons. The Balaban J connectivity index is 1.71. The third-order valence-electron chi connectivity index (χ3n) is 5.42. The molecule has 1 aliphatic heterocycles. The number of amides is 1. The van der Waals surface area contributed by atoms with Crippen LogP contribution in [0.3, 0.4) is 0 Å². The molecule has 2 atom stereocenters. The molecule has 9 heteroatoms. The van der Waals surface area contributed by atoms with Gasteiger partial charge in [0, 0.05) is 44.8 Å². The summed E-state index contributed by atoms with van der Waals surface area (Å²) in [4.78, 5) is 18.3. The van der Waals surface area contributed by atoms with Gasteiger partial charge < -0.3 is 24.2 Å². The number of carbonyl (C=O) groups is 1. The minimum absolute atomic E-state index is 0.0459. The summed E-state index contributed by atoms with van der Waals surface area (Å²) in [5.74, 6) is 0.0262. The van der Waals surface area contributed by atoms with E-state index in [-0.39, 0.29) is 37.5 Å². The first-order valence-electron chi connectivity index (χ1n) is 10.6. The fourth-order valence-corrected chi connectivity index (χ4v) is 4.82. The molecule has 3 rings (SSSR count). The highest BCUT2D eigenvalue weighted by atomic mass is 32.1. The predicted molar refractivity (Wildman–Crippen MR) is 121 cm³/mol. The summed E-state index contributed by atoms with van der Waals surface area (Å²) < 4.78 is 29.6. The van der Waals surface area contributed by atoms with Crippen molar-refractivity contribution in [2.45, 2.75) is 18.6 Å². The van der Waals surface area contributed by atoms with Crippen molar-refractivity contribution in [3.8, 4) is 5.75 Å². The summed E-state index contributed by atoms with van der Waals surface area (Å²) in [6.07, 6.45) is 0.0983. The Kier molecular flexibility index (Phi) is 9.43. The van der Waals surface area contributed by atoms with E-state index >= 15 is 0 Å². The lowest BCUT2D eigenvalue weighted by Crippen LogP contribution is -2.48. The van der Waals surface area contributed by atoms with Crippen LogP contribution in [-0.2, 0) is 20.7 Å². The third kappa shape index (κ3) is 6.73. The van der Waals surface area contributed by atoms with E-state index < -0.39 is 6.10 Å². The third-order valence-corrected chi connectivity index (χ3v) is 6.41. The number of nitrogens with zero attached hydrogens (tertiary/aromatic N) is 2. The summed E-state index contributed by atoms with van der Waals surface area (Å²) in [7, 11) is 3.14. The lowest BCUT2D eigenvalue weighted by molar-refractivity contribution is -0.136. The zero-order valence-corrected chi connectivity index (χ0v) is 19.4. The fraction of sp³-hybridized carbons (Fsp3) is 0.522. The molecule has 1 amide bonds. The summed E-state index contributed by atoms with van der Waals surface area (Å²) in [5, 5.41) is 12.2. The van der Waals surface area contributed by atoms with Crippen molar-refractivity contribution in [2.75, 3.05) is 60.2 Å². The quantitative estimate of drug-likeness (QED) is 0.518. The lowest BCUT2D eigenvalue weighted by Gasteiger charge is -2.37. The van der Waals surface area contributed by atoms with Crippen LogP contribution >= 0.6 is 11.3 Å². The van der Waals surface area contributed by atoms with E-state index in [1.54, 1.807) is 30.6 Å². The van der Waals surface area contributed by atoms with Crippen LogP contribution in [0.1, 0.15) is 16.5 Å². The molecule has 2 aromatic rings. The predicted octanol–water partition coefficient (Wildman–Crippen LogP) is 2.35. The number of aliphatic hydroxyl groups is 1. The van der Waals surface area contributed by atoms with Gasteiger partial charge in [-0.25, -0.2) is 4.39 Å². The molecule has 1 aromatic heterocycles. The number of benzene rings is 1. The van der Waals surface area contributed by atoms with Gasteiger partial charge in [-0.15, -0.1) is 11.3 Å². The number of halogens is 1. The second kappa shape index (κ2) is 12.3. The van der Waals surface area contributed by atoms with E-state index in [0.717, 1.165) is 12.0 Å². The maximum Gasteiger partial charge on any atom is 0.237 e. The minimum Gasteiger partial charge on any atom is -0.491 e. The topological polar surface area (TPSA) is 71.5 Å². The normalized spacial score (nSPS) is 16.8. The molecule has 0 fully saturated rings. The second-order valence-corrected chi connectivity index (χ2v) is 8.76. The van der Waals surface area contributed by atoms with Gasteiger partial charge in [0.25, 0.3) is 0 Å². The van der Waals surface area contributed by atoms with E-state index in [9.17, 15) is 14.3 Å². The number of methoxy groups -OCH3 is 2. The van der Waals surface area contributed by atoms with Gasteiger partial charge in [-0.2, -0.15) is 0 Å². The Morgan fingerprint density at radius 2 is 2.19 bits per heavy atom. The van der Waals surface area contributed by atoms with Gasteiger partial charge in [-0.3, -0.25) is 9.69 Å². The molecule has 1 aromatic carbocycles. The van der Waals surface area contributed by atoms with Gasteiger partial charge in [0.05, 0.1) is 31.9 Å². The van der Waals surface area contributed by atoms with Crippen molar-refractivity contribution < 1.29 is 28.5 Å². The summed E-state index contributed by atoms with van der Waals surface area (Å²) in [6, 6.07) is 7.79. The molecular formula is C23H31FN2O5S. The van der Waals surface area contributed by atoms with Gasteiger partial charge >= 0.3 is 0 Å². The van der Waals surface area contributed by atoms with Gasteiger partial charge in [0.1, 0.15) is 18.2 Å². The second-order valence-electron chi connectivity index (χ2n) is 7.76. The highest BCUT2D eigenvalue weighted by molar-refractivity contribution is 7.10. The summed E-state index contributed by atoms with van der Waals surface area (Å²) >= 11 is 1.68. The van der Waals surface area contributed by atoms with Crippen LogP contribution in [0.4, 0.5) is 4.39 Å². The molecule has 1 aliphatic rings. The first-order valence-corrected chi connectivity index (χ1v) is 11.5. The van der Waals surface area contributed by atoms with Crippen LogP contribution in [0, 0.1) is 5.82 Å². The van der Waals surface area contributed by atoms with E-state index in [4.69, 9.17) is 14.2 Å². The Morgan fingerprint density at radius 1 is 1.34 bits per heavy atom. The van der Waals surface area contributed by atoms with E-state index in [1.165, 1.54) is 24.1 Å². The van der Waals surface area contributed by atoms with E-state index in [0.29, 0.717) is 32.0 Å². The number of hydrogen-bond donors (Lipinski definition) is 1. The number of ether oxygens (including phenoxy) is 3. The van der Waals surface area contributed by atoms with Crippen LogP contribution in [0.2, 0.25) is 0 Å². The molecule has 0 spiro atoms. The van der Waals surface area contributed by atoms with Crippen molar-refractivity contribution >= 4 is 17.2 Å². The zero-order valence-electron chi connectivity index (χ0n) is 18.5. The minimum atomic E-state index is -0.693. The largest absolute Gasteiger partial charge is 0.491 e. The van der Waals surface area contributed by atoms with Crippen molar-refractivity contribution in [2.24, 2.45) is 0 Å². The number of aliphatic hydroxyl groups excluding tert-OH is 1. The molecule has 32 heavy (non-hydrogen) atoms. The maximum absolute atomic E-state index is 13.5. The summed E-state index contributed by atoms with van der Waals surface area (Å²) in [6.45, 7) is 2.46. The molecule has 0 aliphatic carbocycles. The molecule has 2 unspecified atom stereocenters. The Hall–Kier alpha value is -2.04. The lowest BCUT2D eigenvalue weighted by atomic mass is 10.0. The Morgan fingerprint density at radius 3 is 2.94 bits per heavy atom. The average molecular weight is 467 g/mol. The van der Waals surface area contributed by atoms with Gasteiger partial charge in [0.15, 0.2) is 0 Å².